The lowest BCUT2D eigenvalue weighted by Crippen LogP contribution is -2.31. The number of hydrogen-bond donors (Lipinski definition) is 1. The van der Waals surface area contributed by atoms with Crippen LogP contribution in [-0.2, 0) is 21.2 Å². The number of rotatable bonds is 7. The molecule has 6 nitrogen and oxygen atoms in total. The zero-order valence-corrected chi connectivity index (χ0v) is 16.3. The molecule has 0 spiro atoms. The number of carbonyl (C=O) groups is 1. The second-order valence-electron chi connectivity index (χ2n) is 6.61. The van der Waals surface area contributed by atoms with Crippen molar-refractivity contribution in [1.29, 1.82) is 0 Å². The van der Waals surface area contributed by atoms with E-state index in [0.29, 0.717) is 18.7 Å². The third kappa shape index (κ3) is 4.31. The van der Waals surface area contributed by atoms with E-state index in [9.17, 15) is 13.2 Å². The van der Waals surface area contributed by atoms with Gasteiger partial charge < -0.3 is 10.1 Å². The van der Waals surface area contributed by atoms with Gasteiger partial charge in [-0.3, -0.25) is 4.79 Å². The highest BCUT2D eigenvalue weighted by atomic mass is 32.2. The van der Waals surface area contributed by atoms with Crippen LogP contribution >= 0.6 is 0 Å². The summed E-state index contributed by atoms with van der Waals surface area (Å²) in [4.78, 5) is 12.6. The number of sulfonamides is 1. The largest absolute Gasteiger partial charge is 0.480 e. The number of carbonyl (C=O) groups excluding carboxylic acids is 1. The van der Waals surface area contributed by atoms with Gasteiger partial charge in [0.1, 0.15) is 5.75 Å². The van der Waals surface area contributed by atoms with Gasteiger partial charge in [0.15, 0.2) is 6.10 Å². The van der Waals surface area contributed by atoms with Crippen LogP contribution in [0, 0.1) is 0 Å². The first-order valence-corrected chi connectivity index (χ1v) is 10.5. The number of anilines is 1. The Labute approximate surface area is 160 Å². The van der Waals surface area contributed by atoms with E-state index in [0.717, 1.165) is 24.2 Å². The van der Waals surface area contributed by atoms with Gasteiger partial charge in [-0.05, 0) is 42.3 Å². The summed E-state index contributed by atoms with van der Waals surface area (Å²) in [5, 5.41) is 2.79. The first kappa shape index (κ1) is 19.4. The molecular weight excluding hydrogens is 364 g/mol. The molecule has 1 unspecified atom stereocenters. The minimum Gasteiger partial charge on any atom is -0.480 e. The van der Waals surface area contributed by atoms with E-state index in [2.05, 4.69) is 5.32 Å². The summed E-state index contributed by atoms with van der Waals surface area (Å²) in [6.07, 6.45) is 1.69. The number of amides is 1. The molecule has 7 heteroatoms. The Morgan fingerprint density at radius 2 is 1.89 bits per heavy atom. The Kier molecular flexibility index (Phi) is 5.82. The summed E-state index contributed by atoms with van der Waals surface area (Å²) in [5.41, 5.74) is 1.55. The average molecular weight is 388 g/mol. The zero-order chi connectivity index (χ0) is 19.4. The lowest BCUT2D eigenvalue weighted by atomic mass is 10.1. The number of benzene rings is 2. The summed E-state index contributed by atoms with van der Waals surface area (Å²) in [7, 11) is -1.93. The zero-order valence-electron chi connectivity index (χ0n) is 15.5. The number of hydrogen-bond acceptors (Lipinski definition) is 4. The Hall–Kier alpha value is -2.38. The Morgan fingerprint density at radius 1 is 1.19 bits per heavy atom. The average Bonchev–Trinajstić information content (AvgIpc) is 3.11. The number of nitrogens with one attached hydrogen (secondary N) is 1. The van der Waals surface area contributed by atoms with Gasteiger partial charge in [0, 0.05) is 25.7 Å². The van der Waals surface area contributed by atoms with Crippen molar-refractivity contribution in [2.75, 3.05) is 18.9 Å². The number of unbranched alkanes of at least 4 members (excludes halogenated alkanes) is 1. The standard InChI is InChI=1S/C20H24N2O4S/c1-3-4-13-22(2)27(24,25)17-11-9-16(10-12-17)21-20(23)19-14-15-7-5-6-8-18(15)26-19/h5-12,19H,3-4,13-14H2,1-2H3,(H,21,23). The Bertz CT molecular complexity index is 885. The quantitative estimate of drug-likeness (QED) is 0.791. The molecule has 1 aliphatic rings. The van der Waals surface area contributed by atoms with Crippen LogP contribution < -0.4 is 10.1 Å². The lowest BCUT2D eigenvalue weighted by molar-refractivity contribution is -0.122. The van der Waals surface area contributed by atoms with E-state index in [4.69, 9.17) is 4.74 Å². The van der Waals surface area contributed by atoms with Crippen molar-refractivity contribution in [3.05, 3.63) is 54.1 Å². The molecule has 0 saturated carbocycles. The number of fused-ring (bicyclic) bond motifs is 1. The van der Waals surface area contributed by atoms with Crippen LogP contribution in [0.5, 0.6) is 5.75 Å². The molecule has 1 N–H and O–H groups in total. The topological polar surface area (TPSA) is 75.7 Å². The second kappa shape index (κ2) is 8.10. The molecule has 3 rings (SSSR count). The van der Waals surface area contributed by atoms with E-state index in [-0.39, 0.29) is 10.8 Å². The van der Waals surface area contributed by atoms with Crippen molar-refractivity contribution >= 4 is 21.6 Å². The van der Waals surface area contributed by atoms with Crippen LogP contribution in [0.3, 0.4) is 0 Å². The van der Waals surface area contributed by atoms with Crippen molar-refractivity contribution < 1.29 is 17.9 Å². The van der Waals surface area contributed by atoms with E-state index in [1.54, 1.807) is 19.2 Å². The Balaban J connectivity index is 1.63. The van der Waals surface area contributed by atoms with Crippen molar-refractivity contribution in [2.24, 2.45) is 0 Å². The minimum absolute atomic E-state index is 0.212. The van der Waals surface area contributed by atoms with Gasteiger partial charge in [-0.2, -0.15) is 0 Å². The van der Waals surface area contributed by atoms with Crippen LogP contribution in [0.1, 0.15) is 25.3 Å². The smallest absolute Gasteiger partial charge is 0.265 e. The molecule has 1 amide bonds. The molecule has 27 heavy (non-hydrogen) atoms. The first-order chi connectivity index (χ1) is 12.9. The summed E-state index contributed by atoms with van der Waals surface area (Å²) in [6.45, 7) is 2.50. The number of nitrogens with zero attached hydrogens (tertiary/aromatic N) is 1. The molecule has 0 fully saturated rings. The van der Waals surface area contributed by atoms with Crippen molar-refractivity contribution in [3.63, 3.8) is 0 Å². The molecule has 0 bridgehead atoms. The molecule has 0 saturated heterocycles. The van der Waals surface area contributed by atoms with E-state index in [1.807, 2.05) is 31.2 Å². The van der Waals surface area contributed by atoms with Gasteiger partial charge in [-0.15, -0.1) is 0 Å². The molecule has 0 aromatic heterocycles. The van der Waals surface area contributed by atoms with Gasteiger partial charge in [0.2, 0.25) is 10.0 Å². The lowest BCUT2D eigenvalue weighted by Gasteiger charge is -2.17. The van der Waals surface area contributed by atoms with Gasteiger partial charge in [-0.25, -0.2) is 12.7 Å². The third-order valence-electron chi connectivity index (χ3n) is 4.60. The highest BCUT2D eigenvalue weighted by molar-refractivity contribution is 7.89. The van der Waals surface area contributed by atoms with Crippen molar-refractivity contribution in [3.8, 4) is 5.75 Å². The highest BCUT2D eigenvalue weighted by Crippen LogP contribution is 2.28. The number of para-hydroxylation sites is 1. The molecule has 144 valence electrons. The Morgan fingerprint density at radius 3 is 2.56 bits per heavy atom. The molecule has 1 aliphatic heterocycles. The molecule has 0 aliphatic carbocycles. The minimum atomic E-state index is -3.51. The van der Waals surface area contributed by atoms with Crippen molar-refractivity contribution in [2.45, 2.75) is 37.2 Å². The fourth-order valence-corrected chi connectivity index (χ4v) is 4.15. The molecule has 1 heterocycles. The predicted molar refractivity (Wildman–Crippen MR) is 104 cm³/mol. The third-order valence-corrected chi connectivity index (χ3v) is 6.47. The first-order valence-electron chi connectivity index (χ1n) is 9.03. The van der Waals surface area contributed by atoms with Crippen LogP contribution in [0.4, 0.5) is 5.69 Å². The normalized spacial score (nSPS) is 16.0. The fourth-order valence-electron chi connectivity index (χ4n) is 2.94. The second-order valence-corrected chi connectivity index (χ2v) is 8.66. The maximum Gasteiger partial charge on any atom is 0.265 e. The van der Waals surface area contributed by atoms with E-state index in [1.165, 1.54) is 16.4 Å². The molecule has 1 atom stereocenters. The van der Waals surface area contributed by atoms with Gasteiger partial charge in [0.05, 0.1) is 4.90 Å². The summed E-state index contributed by atoms with van der Waals surface area (Å²) in [5.74, 6) is 0.482. The maximum atomic E-state index is 12.5. The van der Waals surface area contributed by atoms with Crippen LogP contribution in [0.25, 0.3) is 0 Å². The van der Waals surface area contributed by atoms with Crippen LogP contribution in [-0.4, -0.2) is 38.3 Å². The monoisotopic (exact) mass is 388 g/mol. The van der Waals surface area contributed by atoms with Crippen molar-refractivity contribution in [1.82, 2.24) is 4.31 Å². The van der Waals surface area contributed by atoms with Crippen LogP contribution in [0.2, 0.25) is 0 Å². The van der Waals surface area contributed by atoms with Gasteiger partial charge >= 0.3 is 0 Å². The summed E-state index contributed by atoms with van der Waals surface area (Å²) in [6, 6.07) is 13.8. The maximum absolute atomic E-state index is 12.5. The molecule has 2 aromatic rings. The molecular formula is C20H24N2O4S. The highest BCUT2D eigenvalue weighted by Gasteiger charge is 2.29. The molecule has 0 radical (unpaired) electrons. The van der Waals surface area contributed by atoms with Gasteiger partial charge in [-0.1, -0.05) is 31.5 Å². The van der Waals surface area contributed by atoms with Crippen LogP contribution in [0.15, 0.2) is 53.4 Å². The number of ether oxygens (including phenoxy) is 1. The van der Waals surface area contributed by atoms with E-state index < -0.39 is 16.1 Å². The predicted octanol–water partition coefficient (Wildman–Crippen LogP) is 3.05. The van der Waals surface area contributed by atoms with Gasteiger partial charge in [0.25, 0.3) is 5.91 Å². The van der Waals surface area contributed by atoms with E-state index >= 15 is 0 Å². The summed E-state index contributed by atoms with van der Waals surface area (Å²) < 4.78 is 32.1. The fraction of sp³-hybridized carbons (Fsp3) is 0.350. The summed E-state index contributed by atoms with van der Waals surface area (Å²) >= 11 is 0. The SMILES string of the molecule is CCCCN(C)S(=O)(=O)c1ccc(NC(=O)C2Cc3ccccc3O2)cc1. The molecule has 2 aromatic carbocycles.